The van der Waals surface area contributed by atoms with Crippen molar-refractivity contribution in [3.8, 4) is 0 Å². The second-order valence-electron chi connectivity index (χ2n) is 4.53. The molecule has 0 aliphatic carbocycles. The second kappa shape index (κ2) is 8.01. The summed E-state index contributed by atoms with van der Waals surface area (Å²) in [6.07, 6.45) is 3.76. The predicted molar refractivity (Wildman–Crippen MR) is 65.6 cm³/mol. The topological polar surface area (TPSA) is 47.7 Å². The maximum Gasteiger partial charge on any atom is 0.0702 e. The van der Waals surface area contributed by atoms with Crippen molar-refractivity contribution in [3.05, 3.63) is 0 Å². The van der Waals surface area contributed by atoms with E-state index in [0.717, 1.165) is 39.3 Å². The van der Waals surface area contributed by atoms with E-state index in [2.05, 4.69) is 11.8 Å². The smallest absolute Gasteiger partial charge is 0.0702 e. The number of methoxy groups -OCH3 is 1. The van der Waals surface area contributed by atoms with E-state index in [0.29, 0.717) is 6.10 Å². The van der Waals surface area contributed by atoms with Gasteiger partial charge in [0.15, 0.2) is 0 Å². The highest BCUT2D eigenvalue weighted by Gasteiger charge is 2.19. The van der Waals surface area contributed by atoms with Gasteiger partial charge >= 0.3 is 0 Å². The van der Waals surface area contributed by atoms with Crippen LogP contribution in [0.4, 0.5) is 0 Å². The second-order valence-corrected chi connectivity index (χ2v) is 4.53. The summed E-state index contributed by atoms with van der Waals surface area (Å²) < 4.78 is 10.7. The number of nitrogens with two attached hydrogens (primary N) is 1. The van der Waals surface area contributed by atoms with Crippen molar-refractivity contribution < 1.29 is 9.47 Å². The van der Waals surface area contributed by atoms with Crippen molar-refractivity contribution in [2.24, 2.45) is 5.73 Å². The van der Waals surface area contributed by atoms with E-state index < -0.39 is 0 Å². The maximum absolute atomic E-state index is 6.05. The fraction of sp³-hybridized carbons (Fsp3) is 1.00. The lowest BCUT2D eigenvalue weighted by atomic mass is 10.2. The van der Waals surface area contributed by atoms with E-state index >= 15 is 0 Å². The molecule has 1 aliphatic rings. The molecule has 4 heteroatoms. The molecule has 0 radical (unpaired) electrons. The van der Waals surface area contributed by atoms with Gasteiger partial charge in [0.1, 0.15) is 0 Å². The highest BCUT2D eigenvalue weighted by atomic mass is 16.5. The molecule has 0 spiro atoms. The average molecular weight is 230 g/mol. The molecule has 4 nitrogen and oxygen atoms in total. The number of ether oxygens (including phenoxy) is 2. The third kappa shape index (κ3) is 5.25. The molecule has 2 atom stereocenters. The Kier molecular flexibility index (Phi) is 6.96. The molecule has 1 aliphatic heterocycles. The minimum Gasteiger partial charge on any atom is -0.385 e. The van der Waals surface area contributed by atoms with Gasteiger partial charge in [-0.15, -0.1) is 0 Å². The first-order valence-electron chi connectivity index (χ1n) is 6.34. The van der Waals surface area contributed by atoms with Gasteiger partial charge in [0.2, 0.25) is 0 Å². The zero-order chi connectivity index (χ0) is 11.8. The molecule has 0 aromatic heterocycles. The van der Waals surface area contributed by atoms with Crippen LogP contribution in [-0.4, -0.2) is 57.0 Å². The molecule has 16 heavy (non-hydrogen) atoms. The lowest BCUT2D eigenvalue weighted by Gasteiger charge is -2.26. The Morgan fingerprint density at radius 1 is 1.56 bits per heavy atom. The molecule has 1 rings (SSSR count). The predicted octanol–water partition coefficient (Wildman–Crippen LogP) is 0.851. The van der Waals surface area contributed by atoms with Crippen LogP contribution in [0.15, 0.2) is 0 Å². The fourth-order valence-electron chi connectivity index (χ4n) is 2.10. The number of nitrogens with zero attached hydrogens (tertiary/aromatic N) is 1. The van der Waals surface area contributed by atoms with Crippen molar-refractivity contribution in [3.63, 3.8) is 0 Å². The first-order chi connectivity index (χ1) is 7.76. The van der Waals surface area contributed by atoms with Gasteiger partial charge in [-0.1, -0.05) is 6.92 Å². The Morgan fingerprint density at radius 2 is 2.38 bits per heavy atom. The van der Waals surface area contributed by atoms with Crippen molar-refractivity contribution in [1.29, 1.82) is 0 Å². The molecule has 0 aromatic rings. The molecular weight excluding hydrogens is 204 g/mol. The lowest BCUT2D eigenvalue weighted by Crippen LogP contribution is -2.41. The van der Waals surface area contributed by atoms with Crippen LogP contribution in [-0.2, 0) is 9.47 Å². The molecule has 1 heterocycles. The maximum atomic E-state index is 6.05. The Hall–Kier alpha value is -0.160. The van der Waals surface area contributed by atoms with Gasteiger partial charge in [0, 0.05) is 39.5 Å². The summed E-state index contributed by atoms with van der Waals surface area (Å²) in [6.45, 7) is 6.87. The van der Waals surface area contributed by atoms with Crippen molar-refractivity contribution in [2.75, 3.05) is 40.0 Å². The molecule has 96 valence electrons. The fourth-order valence-corrected chi connectivity index (χ4v) is 2.10. The largest absolute Gasteiger partial charge is 0.385 e. The monoisotopic (exact) mass is 230 g/mol. The Bertz CT molecular complexity index is 172. The summed E-state index contributed by atoms with van der Waals surface area (Å²) in [5.74, 6) is 0. The lowest BCUT2D eigenvalue weighted by molar-refractivity contribution is 0.0713. The normalized spacial score (nSPS) is 22.9. The van der Waals surface area contributed by atoms with Gasteiger partial charge < -0.3 is 15.2 Å². The van der Waals surface area contributed by atoms with Gasteiger partial charge in [-0.25, -0.2) is 0 Å². The molecule has 1 fully saturated rings. The van der Waals surface area contributed by atoms with E-state index in [4.69, 9.17) is 15.2 Å². The highest BCUT2D eigenvalue weighted by molar-refractivity contribution is 4.73. The van der Waals surface area contributed by atoms with Crippen LogP contribution in [0, 0.1) is 0 Å². The van der Waals surface area contributed by atoms with Crippen LogP contribution in [0.3, 0.4) is 0 Å². The Labute approximate surface area is 99.1 Å². The third-order valence-electron chi connectivity index (χ3n) is 3.12. The van der Waals surface area contributed by atoms with E-state index in [1.54, 1.807) is 7.11 Å². The van der Waals surface area contributed by atoms with Crippen LogP contribution in [0.2, 0.25) is 0 Å². The number of rotatable bonds is 8. The Balaban J connectivity index is 2.19. The van der Waals surface area contributed by atoms with Crippen molar-refractivity contribution >= 4 is 0 Å². The summed E-state index contributed by atoms with van der Waals surface area (Å²) in [6, 6.07) is 0.210. The van der Waals surface area contributed by atoms with Crippen LogP contribution in [0.1, 0.15) is 26.2 Å². The van der Waals surface area contributed by atoms with Crippen LogP contribution in [0.25, 0.3) is 0 Å². The number of likely N-dealkylation sites (N-methyl/N-ethyl adjacent to an activating group) is 1. The quantitative estimate of drug-likeness (QED) is 0.671. The molecule has 1 saturated heterocycles. The molecule has 0 amide bonds. The van der Waals surface area contributed by atoms with E-state index in [-0.39, 0.29) is 6.04 Å². The summed E-state index contributed by atoms with van der Waals surface area (Å²) in [5, 5.41) is 0. The van der Waals surface area contributed by atoms with Gasteiger partial charge in [-0.2, -0.15) is 0 Å². The van der Waals surface area contributed by atoms with Gasteiger partial charge in [-0.05, 0) is 25.8 Å². The highest BCUT2D eigenvalue weighted by Crippen LogP contribution is 2.13. The first-order valence-corrected chi connectivity index (χ1v) is 6.34. The molecular formula is C12H26N2O2. The first kappa shape index (κ1) is 13.9. The van der Waals surface area contributed by atoms with Gasteiger partial charge in [0.25, 0.3) is 0 Å². The average Bonchev–Trinajstić information content (AvgIpc) is 2.78. The van der Waals surface area contributed by atoms with Crippen molar-refractivity contribution in [1.82, 2.24) is 4.90 Å². The van der Waals surface area contributed by atoms with E-state index in [1.165, 1.54) is 12.8 Å². The van der Waals surface area contributed by atoms with Crippen LogP contribution < -0.4 is 5.73 Å². The summed E-state index contributed by atoms with van der Waals surface area (Å²) in [5.41, 5.74) is 6.05. The van der Waals surface area contributed by atoms with Crippen molar-refractivity contribution in [2.45, 2.75) is 38.3 Å². The molecule has 0 aromatic carbocycles. The minimum atomic E-state index is 0.210. The van der Waals surface area contributed by atoms with E-state index in [1.807, 2.05) is 0 Å². The SMILES string of the molecule is CCN(CC(N)CCOC)CC1CCCO1. The van der Waals surface area contributed by atoms with Gasteiger partial charge in [0.05, 0.1) is 6.10 Å². The third-order valence-corrected chi connectivity index (χ3v) is 3.12. The number of hydrogen-bond acceptors (Lipinski definition) is 4. The molecule has 2 N–H and O–H groups in total. The van der Waals surface area contributed by atoms with E-state index in [9.17, 15) is 0 Å². The summed E-state index contributed by atoms with van der Waals surface area (Å²) in [7, 11) is 1.72. The zero-order valence-corrected chi connectivity index (χ0v) is 10.7. The van der Waals surface area contributed by atoms with Crippen LogP contribution in [0.5, 0.6) is 0 Å². The molecule has 2 unspecified atom stereocenters. The standard InChI is InChI=1S/C12H26N2O2/c1-3-14(9-11(13)6-8-15-2)10-12-5-4-7-16-12/h11-12H,3-10,13H2,1-2H3. The summed E-state index contributed by atoms with van der Waals surface area (Å²) >= 11 is 0. The number of hydrogen-bond donors (Lipinski definition) is 1. The molecule has 0 saturated carbocycles. The summed E-state index contributed by atoms with van der Waals surface area (Å²) in [4.78, 5) is 2.39. The van der Waals surface area contributed by atoms with Crippen LogP contribution >= 0.6 is 0 Å². The zero-order valence-electron chi connectivity index (χ0n) is 10.7. The van der Waals surface area contributed by atoms with Gasteiger partial charge in [-0.3, -0.25) is 4.90 Å². The molecule has 0 bridgehead atoms. The Morgan fingerprint density at radius 3 is 2.94 bits per heavy atom. The minimum absolute atomic E-state index is 0.210.